The van der Waals surface area contributed by atoms with E-state index < -0.39 is 41.6 Å². The van der Waals surface area contributed by atoms with E-state index in [1.54, 1.807) is 0 Å². The van der Waals surface area contributed by atoms with Crippen LogP contribution in [0.2, 0.25) is 5.02 Å². The molecule has 2 atom stereocenters. The van der Waals surface area contributed by atoms with Gasteiger partial charge >= 0.3 is 20.9 Å². The second-order valence-electron chi connectivity index (χ2n) is 20.0. The summed E-state index contributed by atoms with van der Waals surface area (Å²) in [5.41, 5.74) is 2.35. The molecule has 9 rings (SSSR count). The maximum Gasteiger partial charge on any atom is 0.501 e. The molecule has 3 N–H and O–H groups in total. The van der Waals surface area contributed by atoms with Crippen LogP contribution in [-0.2, 0) is 28.0 Å². The van der Waals surface area contributed by atoms with Crippen LogP contribution in [0, 0.1) is 12.8 Å². The molecule has 412 valence electrons. The summed E-state index contributed by atoms with van der Waals surface area (Å²) in [6, 6.07) is 39.0. The van der Waals surface area contributed by atoms with Crippen molar-refractivity contribution in [3.8, 4) is 22.4 Å². The normalized spacial score (nSPS) is 18.6. The minimum Gasteiger partial charge on any atom is -0.380 e. The molecule has 0 radical (unpaired) electrons. The molecule has 1 aromatic heterocycles. The Balaban J connectivity index is 0.894. The molecule has 6 aromatic rings. The number of piperidine rings is 1. The predicted molar refractivity (Wildman–Crippen MR) is 303 cm³/mol. The highest BCUT2D eigenvalue weighted by molar-refractivity contribution is 7.99. The lowest BCUT2D eigenvalue weighted by Crippen LogP contribution is -2.46. The van der Waals surface area contributed by atoms with E-state index in [0.717, 1.165) is 70.9 Å². The molecular weight excluding hydrogens is 1090 g/mol. The quantitative estimate of drug-likeness (QED) is 0.0520. The molecule has 5 aromatic carbocycles. The summed E-state index contributed by atoms with van der Waals surface area (Å²) in [5, 5.41) is 3.65. The Morgan fingerprint density at radius 2 is 1.48 bits per heavy atom. The fourth-order valence-electron chi connectivity index (χ4n) is 10.5. The minimum atomic E-state index is -5.97. The number of hydrogen-bond donors (Lipinski definition) is 3. The molecule has 0 spiro atoms. The van der Waals surface area contributed by atoms with Crippen LogP contribution in [0.3, 0.4) is 0 Å². The summed E-state index contributed by atoms with van der Waals surface area (Å²) in [6.45, 7) is 11.3. The number of halogens is 4. The molecule has 14 nitrogen and oxygen atoms in total. The van der Waals surface area contributed by atoms with Crippen LogP contribution in [0.4, 0.5) is 35.9 Å². The summed E-state index contributed by atoms with van der Waals surface area (Å²) >= 11 is 7.76. The number of phosphoric acid groups is 1. The Hall–Kier alpha value is -4.78. The fraction of sp³-hybridized carbons (Fsp3) is 0.382. The van der Waals surface area contributed by atoms with Crippen molar-refractivity contribution < 1.29 is 49.6 Å². The van der Waals surface area contributed by atoms with Crippen molar-refractivity contribution in [2.24, 2.45) is 5.92 Å². The number of phosphoric ester groups is 1. The van der Waals surface area contributed by atoms with Crippen LogP contribution < -0.4 is 25.1 Å². The third kappa shape index (κ3) is 13.3. The highest BCUT2D eigenvalue weighted by Gasteiger charge is 2.49. The van der Waals surface area contributed by atoms with Crippen molar-refractivity contribution in [3.05, 3.63) is 138 Å². The van der Waals surface area contributed by atoms with Gasteiger partial charge in [0.25, 0.3) is 9.84 Å². The standard InChI is InChI=1S/C55H64ClF3N6O8P2S2/c1-39(2)65-40(3)34-51(54(65)42-12-14-44(56)15-13-42)43-8-7-9-48(35-43)63-30-28-62(29-31-63)46-16-18-47(19-17-46)64-32-33-72-74(64,66)49-20-21-52(53(36-49)77(70,71)55(57,58)59)60-45(38-76-50-10-5-4-6-11-50)24-27-61-25-22-41(23-26-61)37-73-75(67,68)69/h4-21,34-36,39,41,45,60H,22-33,37-38H2,1-3H3,(H2,67,68,69)/t45-,74+/m1/s1. The number of alkyl halides is 3. The van der Waals surface area contributed by atoms with Gasteiger partial charge in [0.15, 0.2) is 0 Å². The van der Waals surface area contributed by atoms with Crippen LogP contribution in [0.5, 0.6) is 0 Å². The zero-order valence-corrected chi connectivity index (χ0v) is 47.2. The van der Waals surface area contributed by atoms with Gasteiger partial charge in [-0.1, -0.05) is 54.1 Å². The van der Waals surface area contributed by atoms with E-state index in [2.05, 4.69) is 87.8 Å². The number of likely N-dealkylation sites (tertiary alicyclic amines) is 1. The van der Waals surface area contributed by atoms with Gasteiger partial charge in [0, 0.05) is 88.8 Å². The molecule has 3 aliphatic rings. The van der Waals surface area contributed by atoms with Gasteiger partial charge in [-0.3, -0.25) is 13.8 Å². The minimum absolute atomic E-state index is 0.00186. The number of rotatable bonds is 19. The van der Waals surface area contributed by atoms with Crippen LogP contribution in [0.1, 0.15) is 44.8 Å². The van der Waals surface area contributed by atoms with Gasteiger partial charge in [0.05, 0.1) is 36.4 Å². The number of thioether (sulfide) groups is 1. The van der Waals surface area contributed by atoms with Gasteiger partial charge in [-0.15, -0.1) is 11.8 Å². The first-order valence-electron chi connectivity index (χ1n) is 25.7. The lowest BCUT2D eigenvalue weighted by atomic mass is 9.97. The number of aromatic nitrogens is 1. The lowest BCUT2D eigenvalue weighted by molar-refractivity contribution is -0.0435. The molecule has 4 heterocycles. The zero-order chi connectivity index (χ0) is 54.7. The molecule has 0 unspecified atom stereocenters. The number of nitrogens with one attached hydrogen (secondary N) is 1. The van der Waals surface area contributed by atoms with Crippen LogP contribution in [0.25, 0.3) is 22.4 Å². The molecule has 3 aliphatic heterocycles. The Morgan fingerprint density at radius 1 is 0.818 bits per heavy atom. The number of anilines is 4. The van der Waals surface area contributed by atoms with Crippen molar-refractivity contribution in [2.45, 2.75) is 67.4 Å². The SMILES string of the molecule is Cc1cc(-c2cccc(N3CCN(c4ccc(N5CCO[P@@]5(=O)c5ccc(N[C@H](CCN6CCC(COP(=O)(O)O)CC6)CSc6ccccc6)c(S(=O)(=O)C(F)(F)F)c5)cc4)CC3)c2)c(-c2ccc(Cl)cc2)n1C(C)C. The monoisotopic (exact) mass is 1150 g/mol. The maximum absolute atomic E-state index is 15.0. The van der Waals surface area contributed by atoms with Crippen molar-refractivity contribution >= 4 is 76.6 Å². The molecule has 0 saturated carbocycles. The first kappa shape index (κ1) is 56.9. The van der Waals surface area contributed by atoms with Crippen molar-refractivity contribution in [1.82, 2.24) is 9.47 Å². The number of benzene rings is 5. The molecule has 0 aliphatic carbocycles. The second kappa shape index (κ2) is 23.9. The Labute approximate surface area is 458 Å². The summed E-state index contributed by atoms with van der Waals surface area (Å²) in [7, 11) is -14.7. The molecule has 77 heavy (non-hydrogen) atoms. The number of nitrogens with zero attached hydrogens (tertiary/aromatic N) is 5. The van der Waals surface area contributed by atoms with Gasteiger partial charge in [-0.25, -0.2) is 13.0 Å². The summed E-state index contributed by atoms with van der Waals surface area (Å²) in [5.74, 6) is 0.334. The first-order valence-corrected chi connectivity index (χ1v) is 31.7. The third-order valence-corrected chi connectivity index (χ3v) is 20.5. The smallest absolute Gasteiger partial charge is 0.380 e. The van der Waals surface area contributed by atoms with Gasteiger partial charge in [-0.05, 0) is 155 Å². The Morgan fingerprint density at radius 3 is 2.13 bits per heavy atom. The van der Waals surface area contributed by atoms with E-state index in [-0.39, 0.29) is 42.7 Å². The number of aryl methyl sites for hydroxylation is 1. The topological polar surface area (TPSA) is 157 Å². The molecule has 0 amide bonds. The fourth-order valence-corrected chi connectivity index (χ4v) is 15.3. The molecular formula is C55H64ClF3N6O8P2S2. The van der Waals surface area contributed by atoms with Crippen LogP contribution in [-0.4, -0.2) is 111 Å². The second-order valence-corrected chi connectivity index (χ2v) is 27.0. The Bertz CT molecular complexity index is 3210. The van der Waals surface area contributed by atoms with E-state index in [4.69, 9.17) is 30.4 Å². The molecule has 3 fully saturated rings. The number of piperazine rings is 1. The van der Waals surface area contributed by atoms with Gasteiger partial charge < -0.3 is 38.9 Å². The van der Waals surface area contributed by atoms with E-state index in [1.807, 2.05) is 66.7 Å². The number of sulfone groups is 1. The zero-order valence-electron chi connectivity index (χ0n) is 43.1. The summed E-state index contributed by atoms with van der Waals surface area (Å²) in [4.78, 5) is 25.0. The average molecular weight is 1160 g/mol. The maximum atomic E-state index is 15.0. The van der Waals surface area contributed by atoms with E-state index in [0.29, 0.717) is 55.4 Å². The van der Waals surface area contributed by atoms with E-state index >= 15 is 4.57 Å². The lowest BCUT2D eigenvalue weighted by Gasteiger charge is -2.37. The molecule has 0 bridgehead atoms. The van der Waals surface area contributed by atoms with Crippen molar-refractivity contribution in [1.29, 1.82) is 0 Å². The predicted octanol–water partition coefficient (Wildman–Crippen LogP) is 12.1. The average Bonchev–Trinajstić information content (AvgIpc) is 4.06. The van der Waals surface area contributed by atoms with E-state index in [9.17, 15) is 26.2 Å². The Kier molecular flexibility index (Phi) is 17.7. The summed E-state index contributed by atoms with van der Waals surface area (Å²) in [6.07, 6.45) is 1.69. The highest BCUT2D eigenvalue weighted by atomic mass is 35.5. The molecule has 22 heteroatoms. The van der Waals surface area contributed by atoms with Crippen LogP contribution in [0.15, 0.2) is 137 Å². The van der Waals surface area contributed by atoms with Crippen molar-refractivity contribution in [3.63, 3.8) is 0 Å². The van der Waals surface area contributed by atoms with Gasteiger partial charge in [0.1, 0.15) is 4.90 Å². The van der Waals surface area contributed by atoms with Gasteiger partial charge in [-0.2, -0.15) is 13.2 Å². The first-order chi connectivity index (χ1) is 36.7. The van der Waals surface area contributed by atoms with Crippen molar-refractivity contribution in [2.75, 3.05) is 91.1 Å². The van der Waals surface area contributed by atoms with Crippen LogP contribution >= 0.6 is 38.7 Å². The van der Waals surface area contributed by atoms with E-state index in [1.165, 1.54) is 34.3 Å². The highest BCUT2D eigenvalue weighted by Crippen LogP contribution is 2.56. The number of hydrogen-bond acceptors (Lipinski definition) is 11. The van der Waals surface area contributed by atoms with Gasteiger partial charge in [0.2, 0.25) is 0 Å². The third-order valence-electron chi connectivity index (χ3n) is 14.5. The largest absolute Gasteiger partial charge is 0.501 e. The molecule has 3 saturated heterocycles. The summed E-state index contributed by atoms with van der Waals surface area (Å²) < 4.78 is 111.